The molecule has 1 aliphatic rings. The van der Waals surface area contributed by atoms with E-state index < -0.39 is 11.6 Å². The van der Waals surface area contributed by atoms with E-state index in [-0.39, 0.29) is 23.6 Å². The quantitative estimate of drug-likeness (QED) is 0.649. The number of nitrogens with zero attached hydrogens (tertiary/aromatic N) is 2. The molecule has 1 aromatic carbocycles. The highest BCUT2D eigenvalue weighted by molar-refractivity contribution is 6.04. The van der Waals surface area contributed by atoms with Gasteiger partial charge < -0.3 is 15.0 Å². The van der Waals surface area contributed by atoms with Crippen molar-refractivity contribution in [3.63, 3.8) is 0 Å². The molecule has 8 heteroatoms. The molecule has 0 radical (unpaired) electrons. The summed E-state index contributed by atoms with van der Waals surface area (Å²) in [5.41, 5.74) is 1.10. The number of H-pyrrole nitrogens is 1. The number of nitrogens with one attached hydrogen (secondary N) is 2. The Hall–Kier alpha value is -3.03. The fourth-order valence-corrected chi connectivity index (χ4v) is 3.80. The molecule has 1 aliphatic carbocycles. The zero-order chi connectivity index (χ0) is 20.4. The van der Waals surface area contributed by atoms with Gasteiger partial charge in [-0.3, -0.25) is 4.79 Å². The van der Waals surface area contributed by atoms with Gasteiger partial charge in [-0.15, -0.1) is 0 Å². The number of amides is 1. The van der Waals surface area contributed by atoms with Gasteiger partial charge in [-0.25, -0.2) is 18.7 Å². The van der Waals surface area contributed by atoms with Gasteiger partial charge in [0.15, 0.2) is 17.2 Å². The Kier molecular flexibility index (Phi) is 5.42. The number of carbonyl (C=O) groups is 1. The van der Waals surface area contributed by atoms with Crippen molar-refractivity contribution in [2.45, 2.75) is 45.1 Å². The average Bonchev–Trinajstić information content (AvgIpc) is 3.14. The lowest BCUT2D eigenvalue weighted by molar-refractivity contribution is 0.0921. The molecule has 0 spiro atoms. The summed E-state index contributed by atoms with van der Waals surface area (Å²) in [4.78, 5) is 24.2. The minimum absolute atomic E-state index is 0.0111. The van der Waals surface area contributed by atoms with E-state index >= 15 is 0 Å². The van der Waals surface area contributed by atoms with Gasteiger partial charge in [0.2, 0.25) is 5.88 Å². The Morgan fingerprint density at radius 1 is 1.28 bits per heavy atom. The van der Waals surface area contributed by atoms with Gasteiger partial charge in [-0.1, -0.05) is 19.3 Å². The highest BCUT2D eigenvalue weighted by atomic mass is 19.1. The second-order valence-corrected chi connectivity index (χ2v) is 7.44. The number of aromatic nitrogens is 3. The first-order valence-electron chi connectivity index (χ1n) is 9.79. The van der Waals surface area contributed by atoms with Crippen LogP contribution in [0.1, 0.15) is 49.4 Å². The van der Waals surface area contributed by atoms with Crippen LogP contribution in [0, 0.1) is 17.6 Å². The van der Waals surface area contributed by atoms with Gasteiger partial charge in [0.1, 0.15) is 11.3 Å². The van der Waals surface area contributed by atoms with Crippen LogP contribution >= 0.6 is 0 Å². The van der Waals surface area contributed by atoms with Crippen molar-refractivity contribution in [1.29, 1.82) is 0 Å². The summed E-state index contributed by atoms with van der Waals surface area (Å²) < 4.78 is 32.3. The van der Waals surface area contributed by atoms with Crippen LogP contribution in [0.2, 0.25) is 0 Å². The monoisotopic (exact) mass is 400 g/mol. The lowest BCUT2D eigenvalue weighted by Crippen LogP contribution is -2.38. The Morgan fingerprint density at radius 2 is 2.07 bits per heavy atom. The number of hydrogen-bond donors (Lipinski definition) is 2. The second-order valence-electron chi connectivity index (χ2n) is 7.44. The van der Waals surface area contributed by atoms with Crippen LogP contribution in [0.25, 0.3) is 11.2 Å². The zero-order valence-electron chi connectivity index (χ0n) is 16.0. The van der Waals surface area contributed by atoms with Crippen LogP contribution in [0.3, 0.4) is 0 Å². The van der Waals surface area contributed by atoms with Gasteiger partial charge >= 0.3 is 0 Å². The van der Waals surface area contributed by atoms with Crippen LogP contribution in [0.15, 0.2) is 30.6 Å². The number of aromatic amines is 1. The minimum atomic E-state index is -0.847. The lowest BCUT2D eigenvalue weighted by Gasteiger charge is -2.28. The highest BCUT2D eigenvalue weighted by Gasteiger charge is 2.23. The fourth-order valence-electron chi connectivity index (χ4n) is 3.80. The summed E-state index contributed by atoms with van der Waals surface area (Å²) >= 11 is 0. The molecule has 3 aromatic rings. The average molecular weight is 400 g/mol. The molecule has 1 amide bonds. The van der Waals surface area contributed by atoms with Crippen molar-refractivity contribution in [2.24, 2.45) is 5.92 Å². The normalized spacial score (nSPS) is 16.0. The molecule has 0 aliphatic heterocycles. The van der Waals surface area contributed by atoms with Gasteiger partial charge in [0.05, 0.1) is 11.8 Å². The Bertz CT molecular complexity index is 1030. The Labute approximate surface area is 166 Å². The van der Waals surface area contributed by atoms with Crippen LogP contribution in [0.4, 0.5) is 8.78 Å². The summed E-state index contributed by atoms with van der Waals surface area (Å²) in [6.07, 6.45) is 8.76. The predicted molar refractivity (Wildman–Crippen MR) is 104 cm³/mol. The number of carbonyl (C=O) groups excluding carboxylic acids is 1. The van der Waals surface area contributed by atoms with Crippen molar-refractivity contribution in [3.05, 3.63) is 47.8 Å². The van der Waals surface area contributed by atoms with Gasteiger partial charge in [-0.2, -0.15) is 0 Å². The second kappa shape index (κ2) is 8.14. The van der Waals surface area contributed by atoms with Crippen molar-refractivity contribution in [3.8, 4) is 11.6 Å². The maximum Gasteiger partial charge on any atom is 0.255 e. The third kappa shape index (κ3) is 4.21. The number of fused-ring (bicyclic) bond motifs is 1. The van der Waals surface area contributed by atoms with Crippen molar-refractivity contribution >= 4 is 17.1 Å². The van der Waals surface area contributed by atoms with E-state index in [4.69, 9.17) is 4.74 Å². The van der Waals surface area contributed by atoms with E-state index in [9.17, 15) is 13.6 Å². The van der Waals surface area contributed by atoms with Crippen molar-refractivity contribution in [1.82, 2.24) is 20.3 Å². The molecule has 2 aromatic heterocycles. The van der Waals surface area contributed by atoms with Gasteiger partial charge in [-0.05, 0) is 37.8 Å². The lowest BCUT2D eigenvalue weighted by atomic mass is 9.84. The molecule has 152 valence electrons. The first-order chi connectivity index (χ1) is 14.0. The molecule has 0 bridgehead atoms. The van der Waals surface area contributed by atoms with E-state index in [1.165, 1.54) is 31.5 Å². The third-order valence-electron chi connectivity index (χ3n) is 5.43. The molecule has 1 fully saturated rings. The smallest absolute Gasteiger partial charge is 0.255 e. The van der Waals surface area contributed by atoms with Gasteiger partial charge in [0, 0.05) is 18.3 Å². The molecule has 2 heterocycles. The topological polar surface area (TPSA) is 79.9 Å². The predicted octanol–water partition coefficient (Wildman–Crippen LogP) is 4.73. The number of hydrogen-bond acceptors (Lipinski definition) is 4. The minimum Gasteiger partial charge on any atom is -0.434 e. The van der Waals surface area contributed by atoms with Crippen LogP contribution in [0.5, 0.6) is 11.6 Å². The Morgan fingerprint density at radius 3 is 2.83 bits per heavy atom. The van der Waals surface area contributed by atoms with E-state index in [0.29, 0.717) is 22.6 Å². The fraction of sp³-hybridized carbons (Fsp3) is 0.381. The molecule has 2 N–H and O–H groups in total. The highest BCUT2D eigenvalue weighted by Crippen LogP contribution is 2.28. The molecule has 6 nitrogen and oxygen atoms in total. The first-order valence-corrected chi connectivity index (χ1v) is 9.79. The van der Waals surface area contributed by atoms with E-state index in [0.717, 1.165) is 25.0 Å². The molecule has 1 saturated carbocycles. The third-order valence-corrected chi connectivity index (χ3v) is 5.43. The number of ether oxygens (including phenoxy) is 1. The summed E-state index contributed by atoms with van der Waals surface area (Å²) in [6.45, 7) is 2.03. The van der Waals surface area contributed by atoms with E-state index in [2.05, 4.69) is 20.3 Å². The van der Waals surface area contributed by atoms with Crippen molar-refractivity contribution < 1.29 is 18.3 Å². The SMILES string of the molecule is C[C@@H](NC(=O)c1c[nH]c2ncc(Oc3ccc(F)cc3F)nc12)C1CCCCC1. The van der Waals surface area contributed by atoms with Crippen molar-refractivity contribution in [2.75, 3.05) is 0 Å². The summed E-state index contributed by atoms with van der Waals surface area (Å²) in [5.74, 6) is -1.48. The number of rotatable bonds is 5. The molecular formula is C21H22F2N4O2. The summed E-state index contributed by atoms with van der Waals surface area (Å²) in [7, 11) is 0. The maximum absolute atomic E-state index is 13.8. The maximum atomic E-state index is 13.8. The number of benzene rings is 1. The summed E-state index contributed by atoms with van der Waals surface area (Å²) in [5, 5.41) is 3.06. The van der Waals surface area contributed by atoms with Crippen LogP contribution in [-0.4, -0.2) is 26.9 Å². The molecule has 0 saturated heterocycles. The molecular weight excluding hydrogens is 378 g/mol. The molecule has 4 rings (SSSR count). The van der Waals surface area contributed by atoms with Crippen LogP contribution < -0.4 is 10.1 Å². The summed E-state index contributed by atoms with van der Waals surface area (Å²) in [6, 6.07) is 3.05. The first kappa shape index (κ1) is 19.3. The zero-order valence-corrected chi connectivity index (χ0v) is 16.0. The molecule has 29 heavy (non-hydrogen) atoms. The van der Waals surface area contributed by atoms with Crippen LogP contribution in [-0.2, 0) is 0 Å². The van der Waals surface area contributed by atoms with E-state index in [1.54, 1.807) is 6.20 Å². The Balaban J connectivity index is 1.54. The molecule has 1 atom stereocenters. The molecule has 0 unspecified atom stereocenters. The largest absolute Gasteiger partial charge is 0.434 e. The standard InChI is InChI=1S/C21H22F2N4O2/c1-12(13-5-3-2-4-6-13)26-21(28)15-10-24-20-19(15)27-18(11-25-20)29-17-8-7-14(22)9-16(17)23/h7-13H,2-6H2,1H3,(H,24,25)(H,26,28)/t12-/m1/s1. The van der Waals surface area contributed by atoms with E-state index in [1.807, 2.05) is 6.92 Å². The number of halogens is 2. The van der Waals surface area contributed by atoms with Gasteiger partial charge in [0.25, 0.3) is 5.91 Å².